The number of amides is 1. The van der Waals surface area contributed by atoms with Crippen LogP contribution in [0.3, 0.4) is 0 Å². The summed E-state index contributed by atoms with van der Waals surface area (Å²) in [5.41, 5.74) is -1.18. The molecule has 0 bridgehead atoms. The Morgan fingerprint density at radius 1 is 1.21 bits per heavy atom. The fourth-order valence-electron chi connectivity index (χ4n) is 2.55. The van der Waals surface area contributed by atoms with Crippen LogP contribution in [0.2, 0.25) is 10.0 Å². The van der Waals surface area contributed by atoms with Gasteiger partial charge in [-0.1, -0.05) is 23.2 Å². The van der Waals surface area contributed by atoms with Crippen molar-refractivity contribution in [2.45, 2.75) is 31.2 Å². The Labute approximate surface area is 149 Å². The monoisotopic (exact) mass is 373 g/mol. The van der Waals surface area contributed by atoms with Crippen LogP contribution in [-0.2, 0) is 19.1 Å². The molecule has 0 spiro atoms. The van der Waals surface area contributed by atoms with Gasteiger partial charge in [0, 0.05) is 18.9 Å². The molecule has 6 nitrogen and oxygen atoms in total. The van der Waals surface area contributed by atoms with E-state index in [1.807, 2.05) is 0 Å². The molecule has 1 fully saturated rings. The molecule has 1 aromatic carbocycles. The summed E-state index contributed by atoms with van der Waals surface area (Å²) in [4.78, 5) is 35.6. The molecule has 0 heterocycles. The van der Waals surface area contributed by atoms with Crippen LogP contribution in [0, 0.1) is 0 Å². The van der Waals surface area contributed by atoms with Crippen molar-refractivity contribution in [2.75, 3.05) is 13.7 Å². The number of ketones is 1. The van der Waals surface area contributed by atoms with Crippen LogP contribution in [0.15, 0.2) is 18.2 Å². The van der Waals surface area contributed by atoms with Gasteiger partial charge >= 0.3 is 5.97 Å². The molecule has 1 aromatic rings. The quantitative estimate of drug-likeness (QED) is 0.801. The lowest BCUT2D eigenvalue weighted by Gasteiger charge is -2.34. The molecule has 130 valence electrons. The van der Waals surface area contributed by atoms with Crippen molar-refractivity contribution < 1.29 is 23.9 Å². The highest BCUT2D eigenvalue weighted by molar-refractivity contribution is 6.42. The van der Waals surface area contributed by atoms with E-state index in [1.54, 1.807) is 12.1 Å². The Hall–Kier alpha value is -1.79. The SMILES string of the molecule is COC(=O)C1(NC(=O)COc2ccc(Cl)c(Cl)c2)CCC(=O)CC1. The van der Waals surface area contributed by atoms with E-state index in [0.29, 0.717) is 15.8 Å². The first-order valence-corrected chi connectivity index (χ1v) is 8.11. The van der Waals surface area contributed by atoms with E-state index < -0.39 is 17.4 Å². The smallest absolute Gasteiger partial charge is 0.331 e. The van der Waals surface area contributed by atoms with Gasteiger partial charge in [-0.2, -0.15) is 0 Å². The molecule has 0 radical (unpaired) electrons. The predicted octanol–water partition coefficient (Wildman–Crippen LogP) is 2.54. The van der Waals surface area contributed by atoms with Crippen molar-refractivity contribution in [3.8, 4) is 5.75 Å². The van der Waals surface area contributed by atoms with E-state index in [4.69, 9.17) is 32.7 Å². The first kappa shape index (κ1) is 18.5. The van der Waals surface area contributed by atoms with Crippen molar-refractivity contribution in [1.82, 2.24) is 5.32 Å². The molecule has 0 atom stereocenters. The molecule has 0 unspecified atom stereocenters. The summed E-state index contributed by atoms with van der Waals surface area (Å²) in [6, 6.07) is 4.63. The molecule has 0 saturated heterocycles. The highest BCUT2D eigenvalue weighted by Gasteiger charge is 2.43. The van der Waals surface area contributed by atoms with E-state index in [-0.39, 0.29) is 38.1 Å². The Morgan fingerprint density at radius 3 is 2.46 bits per heavy atom. The Kier molecular flexibility index (Phi) is 6.07. The van der Waals surface area contributed by atoms with E-state index >= 15 is 0 Å². The summed E-state index contributed by atoms with van der Waals surface area (Å²) in [7, 11) is 1.25. The zero-order valence-corrected chi connectivity index (χ0v) is 14.6. The van der Waals surface area contributed by atoms with Crippen molar-refractivity contribution in [2.24, 2.45) is 0 Å². The highest BCUT2D eigenvalue weighted by atomic mass is 35.5. The van der Waals surface area contributed by atoms with Crippen LogP contribution in [0.5, 0.6) is 5.75 Å². The van der Waals surface area contributed by atoms with Gasteiger partial charge in [0.15, 0.2) is 6.61 Å². The van der Waals surface area contributed by atoms with Crippen molar-refractivity contribution in [3.63, 3.8) is 0 Å². The Balaban J connectivity index is 1.98. The van der Waals surface area contributed by atoms with Gasteiger partial charge in [-0.15, -0.1) is 0 Å². The number of hydrogen-bond donors (Lipinski definition) is 1. The minimum Gasteiger partial charge on any atom is -0.484 e. The number of esters is 1. The molecular weight excluding hydrogens is 357 g/mol. The average Bonchev–Trinajstić information content (AvgIpc) is 2.57. The maximum absolute atomic E-state index is 12.2. The zero-order chi connectivity index (χ0) is 17.7. The minimum absolute atomic E-state index is 0.0656. The third-order valence-corrected chi connectivity index (χ3v) is 4.62. The number of benzene rings is 1. The summed E-state index contributed by atoms with van der Waals surface area (Å²) < 4.78 is 10.1. The van der Waals surface area contributed by atoms with Gasteiger partial charge in [-0.3, -0.25) is 9.59 Å². The number of methoxy groups -OCH3 is 1. The molecule has 1 N–H and O–H groups in total. The first-order chi connectivity index (χ1) is 11.4. The van der Waals surface area contributed by atoms with Gasteiger partial charge in [-0.05, 0) is 25.0 Å². The average molecular weight is 374 g/mol. The van der Waals surface area contributed by atoms with Crippen LogP contribution < -0.4 is 10.1 Å². The largest absolute Gasteiger partial charge is 0.484 e. The summed E-state index contributed by atoms with van der Waals surface area (Å²) in [6.07, 6.45) is 0.889. The summed E-state index contributed by atoms with van der Waals surface area (Å²) in [5, 5.41) is 3.34. The number of hydrogen-bond acceptors (Lipinski definition) is 5. The first-order valence-electron chi connectivity index (χ1n) is 7.35. The van der Waals surface area contributed by atoms with Gasteiger partial charge < -0.3 is 14.8 Å². The van der Waals surface area contributed by atoms with Crippen LogP contribution in [-0.4, -0.2) is 36.9 Å². The van der Waals surface area contributed by atoms with E-state index in [1.165, 1.54) is 13.2 Å². The minimum atomic E-state index is -1.18. The summed E-state index contributed by atoms with van der Waals surface area (Å²) in [5.74, 6) is -0.597. The number of Topliss-reactive ketones (excluding diaryl/α,β-unsaturated/α-hetero) is 1. The normalized spacial score (nSPS) is 16.4. The van der Waals surface area contributed by atoms with Gasteiger partial charge in [0.05, 0.1) is 17.2 Å². The molecule has 0 aromatic heterocycles. The maximum Gasteiger partial charge on any atom is 0.331 e. The number of rotatable bonds is 5. The molecular formula is C16H17Cl2NO5. The van der Waals surface area contributed by atoms with Crippen LogP contribution in [0.1, 0.15) is 25.7 Å². The lowest BCUT2D eigenvalue weighted by molar-refractivity contribution is -0.153. The number of ether oxygens (including phenoxy) is 2. The second kappa shape index (κ2) is 7.85. The fourth-order valence-corrected chi connectivity index (χ4v) is 2.84. The summed E-state index contributed by atoms with van der Waals surface area (Å²) >= 11 is 11.7. The zero-order valence-electron chi connectivity index (χ0n) is 13.1. The van der Waals surface area contributed by atoms with Gasteiger partial charge in [0.25, 0.3) is 5.91 Å². The number of halogens is 2. The highest BCUT2D eigenvalue weighted by Crippen LogP contribution is 2.28. The molecule has 1 aliphatic carbocycles. The lowest BCUT2D eigenvalue weighted by atomic mass is 9.81. The standard InChI is InChI=1S/C16H17Cl2NO5/c1-23-15(22)16(6-4-10(20)5-7-16)19-14(21)9-24-11-2-3-12(17)13(18)8-11/h2-3,8H,4-7,9H2,1H3,(H,19,21). The summed E-state index contributed by atoms with van der Waals surface area (Å²) in [6.45, 7) is -0.301. The number of carbonyl (C=O) groups excluding carboxylic acids is 3. The molecule has 1 saturated carbocycles. The number of nitrogens with one attached hydrogen (secondary N) is 1. The molecule has 1 aliphatic rings. The van der Waals surface area contributed by atoms with Gasteiger partial charge in [0.2, 0.25) is 0 Å². The maximum atomic E-state index is 12.2. The predicted molar refractivity (Wildman–Crippen MR) is 88.3 cm³/mol. The fraction of sp³-hybridized carbons (Fsp3) is 0.438. The van der Waals surface area contributed by atoms with Crippen molar-refractivity contribution >= 4 is 40.9 Å². The van der Waals surface area contributed by atoms with E-state index in [2.05, 4.69) is 5.32 Å². The van der Waals surface area contributed by atoms with Crippen LogP contribution in [0.25, 0.3) is 0 Å². The lowest BCUT2D eigenvalue weighted by Crippen LogP contribution is -2.57. The van der Waals surface area contributed by atoms with Crippen molar-refractivity contribution in [3.05, 3.63) is 28.2 Å². The second-order valence-electron chi connectivity index (χ2n) is 5.53. The molecule has 1 amide bonds. The van der Waals surface area contributed by atoms with Crippen molar-refractivity contribution in [1.29, 1.82) is 0 Å². The third-order valence-electron chi connectivity index (χ3n) is 3.88. The number of carbonyl (C=O) groups is 3. The van der Waals surface area contributed by atoms with Gasteiger partial charge in [0.1, 0.15) is 17.1 Å². The third kappa shape index (κ3) is 4.39. The van der Waals surface area contributed by atoms with E-state index in [0.717, 1.165) is 0 Å². The Morgan fingerprint density at radius 2 is 1.88 bits per heavy atom. The molecule has 0 aliphatic heterocycles. The molecule has 2 rings (SSSR count). The van der Waals surface area contributed by atoms with E-state index in [9.17, 15) is 14.4 Å². The topological polar surface area (TPSA) is 81.7 Å². The van der Waals surface area contributed by atoms with Crippen LogP contribution in [0.4, 0.5) is 0 Å². The van der Waals surface area contributed by atoms with Gasteiger partial charge in [-0.25, -0.2) is 4.79 Å². The van der Waals surface area contributed by atoms with Crippen LogP contribution >= 0.6 is 23.2 Å². The molecule has 8 heteroatoms. The Bertz CT molecular complexity index is 652. The second-order valence-corrected chi connectivity index (χ2v) is 6.34. The molecule has 24 heavy (non-hydrogen) atoms.